The van der Waals surface area contributed by atoms with Crippen molar-refractivity contribution in [2.75, 3.05) is 0 Å². The minimum atomic E-state index is -0.488. The maximum absolute atomic E-state index is 11.7. The minimum absolute atomic E-state index is 0.237. The van der Waals surface area contributed by atoms with E-state index in [9.17, 15) is 4.79 Å². The lowest BCUT2D eigenvalue weighted by atomic mass is 10.2. The lowest BCUT2D eigenvalue weighted by Gasteiger charge is -2.05. The van der Waals surface area contributed by atoms with Crippen LogP contribution in [0.1, 0.15) is 11.3 Å². The van der Waals surface area contributed by atoms with E-state index in [2.05, 4.69) is 26.2 Å². The van der Waals surface area contributed by atoms with E-state index >= 15 is 0 Å². The van der Waals surface area contributed by atoms with Gasteiger partial charge in [-0.05, 0) is 33.6 Å². The number of amides is 1. The summed E-state index contributed by atoms with van der Waals surface area (Å²) in [6.45, 7) is 0.489. The van der Waals surface area contributed by atoms with Crippen LogP contribution in [0.4, 0.5) is 4.79 Å². The number of aromatic nitrogens is 1. The van der Waals surface area contributed by atoms with Crippen molar-refractivity contribution in [3.05, 3.63) is 64.5 Å². The molecular weight excluding hydrogens is 348 g/mol. The second-order valence-electron chi connectivity index (χ2n) is 4.68. The molecule has 0 aliphatic carbocycles. The Morgan fingerprint density at radius 2 is 2.09 bits per heavy atom. The van der Waals surface area contributed by atoms with Gasteiger partial charge in [0.05, 0.1) is 6.54 Å². The van der Waals surface area contributed by atoms with Gasteiger partial charge in [-0.25, -0.2) is 9.78 Å². The standard InChI is InChI=1S/C16H13BrN2O3/c17-13-6-12-7-14(22-15(12)18-8-13)9-19-16(20)21-10-11-4-2-1-3-5-11/h1-8H,9-10H2,(H,19,20). The number of rotatable bonds is 4. The predicted octanol–water partition coefficient (Wildman–Crippen LogP) is 4.02. The Bertz CT molecular complexity index is 786. The first-order valence-corrected chi connectivity index (χ1v) is 7.48. The van der Waals surface area contributed by atoms with Gasteiger partial charge in [0.1, 0.15) is 12.4 Å². The van der Waals surface area contributed by atoms with Crippen LogP contribution in [0.25, 0.3) is 11.1 Å². The van der Waals surface area contributed by atoms with E-state index in [0.29, 0.717) is 11.5 Å². The number of fused-ring (bicyclic) bond motifs is 1. The first-order valence-electron chi connectivity index (χ1n) is 6.69. The zero-order chi connectivity index (χ0) is 15.4. The third-order valence-corrected chi connectivity index (χ3v) is 3.44. The van der Waals surface area contributed by atoms with E-state index in [4.69, 9.17) is 9.15 Å². The van der Waals surface area contributed by atoms with Gasteiger partial charge in [0.15, 0.2) is 0 Å². The quantitative estimate of drug-likeness (QED) is 0.763. The van der Waals surface area contributed by atoms with Gasteiger partial charge >= 0.3 is 6.09 Å². The molecule has 0 saturated carbocycles. The maximum atomic E-state index is 11.7. The highest BCUT2D eigenvalue weighted by molar-refractivity contribution is 9.10. The number of nitrogens with zero attached hydrogens (tertiary/aromatic N) is 1. The second kappa shape index (κ2) is 6.62. The maximum Gasteiger partial charge on any atom is 0.407 e. The van der Waals surface area contributed by atoms with Crippen LogP contribution in [0.5, 0.6) is 0 Å². The van der Waals surface area contributed by atoms with Gasteiger partial charge in [0.2, 0.25) is 5.71 Å². The van der Waals surface area contributed by atoms with Crippen LogP contribution in [0.15, 0.2) is 57.6 Å². The molecule has 0 unspecified atom stereocenters. The molecule has 0 aliphatic heterocycles. The number of halogens is 1. The van der Waals surface area contributed by atoms with Gasteiger partial charge < -0.3 is 14.5 Å². The fourth-order valence-electron chi connectivity index (χ4n) is 1.98. The van der Waals surface area contributed by atoms with Crippen molar-refractivity contribution in [1.29, 1.82) is 0 Å². The van der Waals surface area contributed by atoms with E-state index in [-0.39, 0.29) is 13.2 Å². The van der Waals surface area contributed by atoms with Crippen LogP contribution < -0.4 is 5.32 Å². The highest BCUT2D eigenvalue weighted by Gasteiger charge is 2.08. The molecule has 0 atom stereocenters. The Morgan fingerprint density at radius 1 is 1.27 bits per heavy atom. The van der Waals surface area contributed by atoms with E-state index in [1.54, 1.807) is 6.20 Å². The molecule has 0 saturated heterocycles. The average molecular weight is 361 g/mol. The molecule has 6 heteroatoms. The topological polar surface area (TPSA) is 64.4 Å². The predicted molar refractivity (Wildman–Crippen MR) is 85.2 cm³/mol. The number of alkyl carbamates (subject to hydrolysis) is 1. The monoisotopic (exact) mass is 360 g/mol. The van der Waals surface area contributed by atoms with Crippen molar-refractivity contribution in [3.63, 3.8) is 0 Å². The number of hydrogen-bond acceptors (Lipinski definition) is 4. The van der Waals surface area contributed by atoms with Gasteiger partial charge in [0.25, 0.3) is 0 Å². The molecular formula is C16H13BrN2O3. The second-order valence-corrected chi connectivity index (χ2v) is 5.59. The van der Waals surface area contributed by atoms with Crippen LogP contribution in [-0.4, -0.2) is 11.1 Å². The Hall–Kier alpha value is -2.34. The number of carbonyl (C=O) groups excluding carboxylic acids is 1. The fraction of sp³-hybridized carbons (Fsp3) is 0.125. The van der Waals surface area contributed by atoms with Gasteiger partial charge in [-0.3, -0.25) is 0 Å². The Balaban J connectivity index is 1.53. The van der Waals surface area contributed by atoms with E-state index < -0.39 is 6.09 Å². The summed E-state index contributed by atoms with van der Waals surface area (Å²) in [5, 5.41) is 3.53. The summed E-state index contributed by atoms with van der Waals surface area (Å²) >= 11 is 3.35. The highest BCUT2D eigenvalue weighted by Crippen LogP contribution is 2.20. The molecule has 1 N–H and O–H groups in total. The molecule has 112 valence electrons. The molecule has 1 aromatic carbocycles. The van der Waals surface area contributed by atoms with Gasteiger partial charge in [-0.15, -0.1) is 0 Å². The van der Waals surface area contributed by atoms with Gasteiger partial charge in [-0.2, -0.15) is 0 Å². The van der Waals surface area contributed by atoms with E-state index in [1.807, 2.05) is 42.5 Å². The van der Waals surface area contributed by atoms with Crippen molar-refractivity contribution in [3.8, 4) is 0 Å². The third kappa shape index (κ3) is 3.65. The SMILES string of the molecule is O=C(NCc1cc2cc(Br)cnc2o1)OCc1ccccc1. The van der Waals surface area contributed by atoms with E-state index in [1.165, 1.54) is 0 Å². The van der Waals surface area contributed by atoms with Crippen molar-refractivity contribution in [1.82, 2.24) is 10.3 Å². The zero-order valence-electron chi connectivity index (χ0n) is 11.6. The molecule has 0 aliphatic rings. The normalized spacial score (nSPS) is 10.6. The lowest BCUT2D eigenvalue weighted by Crippen LogP contribution is -2.23. The summed E-state index contributed by atoms with van der Waals surface area (Å²) in [4.78, 5) is 15.8. The summed E-state index contributed by atoms with van der Waals surface area (Å²) in [6.07, 6.45) is 1.18. The number of hydrogen-bond donors (Lipinski definition) is 1. The van der Waals surface area contributed by atoms with Crippen LogP contribution in [0.2, 0.25) is 0 Å². The highest BCUT2D eigenvalue weighted by atomic mass is 79.9. The van der Waals surface area contributed by atoms with E-state index in [0.717, 1.165) is 15.4 Å². The summed E-state index contributed by atoms with van der Waals surface area (Å²) in [7, 11) is 0. The molecule has 1 amide bonds. The number of carbonyl (C=O) groups is 1. The third-order valence-electron chi connectivity index (χ3n) is 3.01. The number of pyridine rings is 1. The summed E-state index contributed by atoms with van der Waals surface area (Å²) in [5.74, 6) is 0.622. The smallest absolute Gasteiger partial charge is 0.407 e. The largest absolute Gasteiger partial charge is 0.445 e. The molecule has 2 heterocycles. The van der Waals surface area contributed by atoms with Crippen molar-refractivity contribution in [2.45, 2.75) is 13.2 Å². The Morgan fingerprint density at radius 3 is 2.91 bits per heavy atom. The zero-order valence-corrected chi connectivity index (χ0v) is 13.2. The Kier molecular flexibility index (Phi) is 4.39. The molecule has 0 bridgehead atoms. The van der Waals surface area contributed by atoms with Crippen molar-refractivity contribution in [2.24, 2.45) is 0 Å². The van der Waals surface area contributed by atoms with Crippen molar-refractivity contribution < 1.29 is 13.9 Å². The minimum Gasteiger partial charge on any atom is -0.445 e. The average Bonchev–Trinajstić information content (AvgIpc) is 2.94. The van der Waals surface area contributed by atoms with Gasteiger partial charge in [0, 0.05) is 16.1 Å². The molecule has 3 aromatic rings. The first kappa shape index (κ1) is 14.6. The van der Waals surface area contributed by atoms with Crippen molar-refractivity contribution >= 4 is 33.1 Å². The van der Waals surface area contributed by atoms with Crippen LogP contribution in [0.3, 0.4) is 0 Å². The summed E-state index contributed by atoms with van der Waals surface area (Å²) in [5.41, 5.74) is 1.48. The van der Waals surface area contributed by atoms with Crippen LogP contribution >= 0.6 is 15.9 Å². The van der Waals surface area contributed by atoms with Gasteiger partial charge in [-0.1, -0.05) is 30.3 Å². The molecule has 3 rings (SSSR count). The van der Waals surface area contributed by atoms with Crippen LogP contribution in [-0.2, 0) is 17.9 Å². The Labute approximate surface area is 135 Å². The fourth-order valence-corrected chi connectivity index (χ4v) is 2.33. The summed E-state index contributed by atoms with van der Waals surface area (Å²) in [6, 6.07) is 13.3. The molecule has 0 fully saturated rings. The lowest BCUT2D eigenvalue weighted by molar-refractivity contribution is 0.138. The van der Waals surface area contributed by atoms with Crippen LogP contribution in [0, 0.1) is 0 Å². The number of furan rings is 1. The first-order chi connectivity index (χ1) is 10.7. The molecule has 22 heavy (non-hydrogen) atoms. The molecule has 2 aromatic heterocycles. The molecule has 0 radical (unpaired) electrons. The molecule has 0 spiro atoms. The number of ether oxygens (including phenoxy) is 1. The summed E-state index contributed by atoms with van der Waals surface area (Å²) < 4.78 is 11.5. The number of nitrogens with one attached hydrogen (secondary N) is 1. The number of benzene rings is 1. The molecule has 5 nitrogen and oxygen atoms in total.